The van der Waals surface area contributed by atoms with Gasteiger partial charge in [0.2, 0.25) is 0 Å². The Hall–Kier alpha value is -0.930. The maximum atomic E-state index is 14.1. The van der Waals surface area contributed by atoms with Crippen LogP contribution < -0.4 is 5.32 Å². The fraction of sp³-hybridized carbons (Fsp3) is 0.562. The molecule has 0 bridgehead atoms. The Balaban J connectivity index is 2.12. The van der Waals surface area contributed by atoms with Gasteiger partial charge >= 0.3 is 0 Å². The quantitative estimate of drug-likeness (QED) is 0.829. The van der Waals surface area contributed by atoms with Crippen LogP contribution in [0.15, 0.2) is 18.2 Å². The number of carbonyl (C=O) groups is 1. The summed E-state index contributed by atoms with van der Waals surface area (Å²) in [5.41, 5.74) is 0.441. The van der Waals surface area contributed by atoms with E-state index >= 15 is 0 Å². The zero-order chi connectivity index (χ0) is 14.7. The van der Waals surface area contributed by atoms with E-state index in [1.807, 2.05) is 13.8 Å². The summed E-state index contributed by atoms with van der Waals surface area (Å²) < 4.78 is 14.1. The van der Waals surface area contributed by atoms with Crippen LogP contribution in [0.2, 0.25) is 5.02 Å². The lowest BCUT2D eigenvalue weighted by molar-refractivity contribution is -0.123. The first-order chi connectivity index (χ1) is 9.49. The molecule has 0 unspecified atom stereocenters. The molecule has 1 aliphatic rings. The second kappa shape index (κ2) is 6.68. The van der Waals surface area contributed by atoms with Gasteiger partial charge in [0.1, 0.15) is 11.6 Å². The standard InChI is InChI=1S/C16H21ClFNO/c1-10(2)16(20)14(9-19-8-11-3-4-11)13-6-5-12(17)7-15(13)18/h5-7,10-11,14,19H,3-4,8-9H2,1-2H3/t14-/m1/s1. The second-order valence-corrected chi connectivity index (χ2v) is 6.31. The molecule has 1 N–H and O–H groups in total. The predicted molar refractivity (Wildman–Crippen MR) is 79.6 cm³/mol. The molecule has 4 heteroatoms. The summed E-state index contributed by atoms with van der Waals surface area (Å²) in [6, 6.07) is 4.54. The summed E-state index contributed by atoms with van der Waals surface area (Å²) in [5, 5.41) is 3.66. The first-order valence-electron chi connectivity index (χ1n) is 7.18. The van der Waals surface area contributed by atoms with Gasteiger partial charge in [0, 0.05) is 17.5 Å². The molecule has 1 atom stereocenters. The average molecular weight is 298 g/mol. The Morgan fingerprint density at radius 2 is 2.15 bits per heavy atom. The normalized spacial score (nSPS) is 16.4. The van der Waals surface area contributed by atoms with Crippen molar-refractivity contribution < 1.29 is 9.18 Å². The fourth-order valence-corrected chi connectivity index (χ4v) is 2.46. The summed E-state index contributed by atoms with van der Waals surface area (Å²) >= 11 is 5.78. The number of hydrogen-bond acceptors (Lipinski definition) is 2. The molecular formula is C16H21ClFNO. The molecule has 0 saturated heterocycles. The lowest BCUT2D eigenvalue weighted by Crippen LogP contribution is -2.31. The SMILES string of the molecule is CC(C)C(=O)[C@H](CNCC1CC1)c1ccc(Cl)cc1F. The van der Waals surface area contributed by atoms with Gasteiger partial charge in [-0.3, -0.25) is 4.79 Å². The van der Waals surface area contributed by atoms with Crippen LogP contribution >= 0.6 is 11.6 Å². The highest BCUT2D eigenvalue weighted by Crippen LogP contribution is 2.29. The van der Waals surface area contributed by atoms with Crippen LogP contribution in [0.1, 0.15) is 38.2 Å². The molecule has 110 valence electrons. The van der Waals surface area contributed by atoms with E-state index < -0.39 is 11.7 Å². The van der Waals surface area contributed by atoms with Crippen molar-refractivity contribution in [3.63, 3.8) is 0 Å². The molecule has 0 aliphatic heterocycles. The molecule has 2 nitrogen and oxygen atoms in total. The molecule has 20 heavy (non-hydrogen) atoms. The zero-order valence-corrected chi connectivity index (χ0v) is 12.7. The van der Waals surface area contributed by atoms with Gasteiger partial charge in [-0.05, 0) is 43.0 Å². The molecule has 0 radical (unpaired) electrons. The Labute approximate surface area is 124 Å². The van der Waals surface area contributed by atoms with Gasteiger partial charge in [-0.1, -0.05) is 31.5 Å². The highest BCUT2D eigenvalue weighted by molar-refractivity contribution is 6.30. The number of benzene rings is 1. The van der Waals surface area contributed by atoms with E-state index in [1.54, 1.807) is 12.1 Å². The lowest BCUT2D eigenvalue weighted by Gasteiger charge is -2.20. The number of Topliss-reactive ketones (excluding diaryl/α,β-unsaturated/α-hetero) is 1. The van der Waals surface area contributed by atoms with Gasteiger partial charge in [0.25, 0.3) is 0 Å². The fourth-order valence-electron chi connectivity index (χ4n) is 2.30. The van der Waals surface area contributed by atoms with Crippen molar-refractivity contribution in [1.82, 2.24) is 5.32 Å². The van der Waals surface area contributed by atoms with E-state index in [0.29, 0.717) is 17.1 Å². The summed E-state index contributed by atoms with van der Waals surface area (Å²) in [6.07, 6.45) is 2.51. The van der Waals surface area contributed by atoms with Crippen LogP contribution in [0.3, 0.4) is 0 Å². The first kappa shape index (κ1) is 15.5. The van der Waals surface area contributed by atoms with Crippen LogP contribution in [0.4, 0.5) is 4.39 Å². The van der Waals surface area contributed by atoms with Crippen LogP contribution in [0, 0.1) is 17.7 Å². The van der Waals surface area contributed by atoms with Crippen molar-refractivity contribution in [3.8, 4) is 0 Å². The molecule has 1 aliphatic carbocycles. The third kappa shape index (κ3) is 4.03. The Kier molecular flexibility index (Phi) is 5.17. The van der Waals surface area contributed by atoms with Crippen molar-refractivity contribution in [1.29, 1.82) is 0 Å². The topological polar surface area (TPSA) is 29.1 Å². The molecule has 1 fully saturated rings. The minimum absolute atomic E-state index is 0.0644. The number of nitrogens with one attached hydrogen (secondary N) is 1. The molecule has 1 saturated carbocycles. The molecular weight excluding hydrogens is 277 g/mol. The number of ketones is 1. The summed E-state index contributed by atoms with van der Waals surface area (Å²) in [7, 11) is 0. The van der Waals surface area contributed by atoms with E-state index in [1.165, 1.54) is 18.9 Å². The Morgan fingerprint density at radius 3 is 2.70 bits per heavy atom. The van der Waals surface area contributed by atoms with Gasteiger partial charge in [0.05, 0.1) is 5.92 Å². The predicted octanol–water partition coefficient (Wildman–Crippen LogP) is 3.79. The summed E-state index contributed by atoms with van der Waals surface area (Å²) in [4.78, 5) is 12.3. The first-order valence-corrected chi connectivity index (χ1v) is 7.56. The smallest absolute Gasteiger partial charge is 0.144 e. The minimum Gasteiger partial charge on any atom is -0.315 e. The van der Waals surface area contributed by atoms with Gasteiger partial charge in [-0.15, -0.1) is 0 Å². The van der Waals surface area contributed by atoms with E-state index in [4.69, 9.17) is 11.6 Å². The lowest BCUT2D eigenvalue weighted by atomic mass is 9.88. The maximum absolute atomic E-state index is 14.1. The number of carbonyl (C=O) groups excluding carboxylic acids is 1. The van der Waals surface area contributed by atoms with Crippen molar-refractivity contribution >= 4 is 17.4 Å². The summed E-state index contributed by atoms with van der Waals surface area (Å²) in [5.74, 6) is -0.150. The highest BCUT2D eigenvalue weighted by Gasteiger charge is 2.27. The van der Waals surface area contributed by atoms with Gasteiger partial charge < -0.3 is 5.32 Å². The van der Waals surface area contributed by atoms with Crippen LogP contribution in [0.5, 0.6) is 0 Å². The van der Waals surface area contributed by atoms with E-state index in [0.717, 1.165) is 12.5 Å². The highest BCUT2D eigenvalue weighted by atomic mass is 35.5. The molecule has 0 spiro atoms. The van der Waals surface area contributed by atoms with E-state index in [2.05, 4.69) is 5.32 Å². The summed E-state index contributed by atoms with van der Waals surface area (Å²) in [6.45, 7) is 5.11. The average Bonchev–Trinajstić information content (AvgIpc) is 3.19. The molecule has 0 heterocycles. The number of rotatable bonds is 7. The molecule has 0 amide bonds. The largest absolute Gasteiger partial charge is 0.315 e. The minimum atomic E-state index is -0.439. The van der Waals surface area contributed by atoms with Gasteiger partial charge in [-0.2, -0.15) is 0 Å². The van der Waals surface area contributed by atoms with Crippen LogP contribution in [-0.2, 0) is 4.79 Å². The Morgan fingerprint density at radius 1 is 1.45 bits per heavy atom. The van der Waals surface area contributed by atoms with Crippen LogP contribution in [0.25, 0.3) is 0 Å². The number of halogens is 2. The monoisotopic (exact) mass is 297 g/mol. The number of hydrogen-bond donors (Lipinski definition) is 1. The van der Waals surface area contributed by atoms with Crippen molar-refractivity contribution in [2.45, 2.75) is 32.6 Å². The van der Waals surface area contributed by atoms with Gasteiger partial charge in [-0.25, -0.2) is 4.39 Å². The third-order valence-electron chi connectivity index (χ3n) is 3.73. The molecule has 1 aromatic carbocycles. The maximum Gasteiger partial charge on any atom is 0.144 e. The zero-order valence-electron chi connectivity index (χ0n) is 12.0. The molecule has 1 aromatic rings. The van der Waals surface area contributed by atoms with Crippen molar-refractivity contribution in [2.75, 3.05) is 13.1 Å². The second-order valence-electron chi connectivity index (χ2n) is 5.88. The Bertz CT molecular complexity index is 485. The van der Waals surface area contributed by atoms with Gasteiger partial charge in [0.15, 0.2) is 0 Å². The van der Waals surface area contributed by atoms with Crippen molar-refractivity contribution in [2.24, 2.45) is 11.8 Å². The van der Waals surface area contributed by atoms with E-state index in [9.17, 15) is 9.18 Å². The molecule has 2 rings (SSSR count). The third-order valence-corrected chi connectivity index (χ3v) is 3.96. The van der Waals surface area contributed by atoms with Crippen molar-refractivity contribution in [3.05, 3.63) is 34.6 Å². The van der Waals surface area contributed by atoms with E-state index in [-0.39, 0.29) is 11.7 Å². The molecule has 0 aromatic heterocycles. The van der Waals surface area contributed by atoms with Crippen LogP contribution in [-0.4, -0.2) is 18.9 Å².